The van der Waals surface area contributed by atoms with Gasteiger partial charge in [-0.3, -0.25) is 4.79 Å². The topological polar surface area (TPSA) is 50.2 Å². The van der Waals surface area contributed by atoms with E-state index in [1.54, 1.807) is 0 Å². The van der Waals surface area contributed by atoms with Gasteiger partial charge in [-0.1, -0.05) is 0 Å². The maximum Gasteiger partial charge on any atom is 0.283 e. The molecule has 1 aromatic rings. The van der Waals surface area contributed by atoms with Crippen molar-refractivity contribution in [2.24, 2.45) is 5.92 Å². The van der Waals surface area contributed by atoms with Crippen molar-refractivity contribution >= 4 is 21.6 Å². The van der Waals surface area contributed by atoms with E-state index in [2.05, 4.69) is 38.2 Å². The predicted octanol–water partition coefficient (Wildman–Crippen LogP) is 2.41. The fraction of sp³-hybridized carbons (Fsp3) is 0.733. The first-order valence-electron chi connectivity index (χ1n) is 7.77. The molecule has 1 aliphatic heterocycles. The number of rotatable bonds is 5. The third-order valence-electron chi connectivity index (χ3n) is 4.01. The van der Waals surface area contributed by atoms with Crippen LogP contribution in [0.1, 0.15) is 39.7 Å². The summed E-state index contributed by atoms with van der Waals surface area (Å²) in [6.45, 7) is 10.1. The van der Waals surface area contributed by atoms with Crippen LogP contribution in [0.25, 0.3) is 0 Å². The van der Waals surface area contributed by atoms with Crippen LogP contribution in [0, 0.1) is 5.92 Å². The molecule has 0 spiro atoms. The quantitative estimate of drug-likeness (QED) is 0.879. The average Bonchev–Trinajstić information content (AvgIpc) is 2.48. The number of hydrogen-bond donors (Lipinski definition) is 1. The molecule has 0 radical (unpaired) electrons. The molecule has 1 unspecified atom stereocenters. The molecule has 2 heterocycles. The van der Waals surface area contributed by atoms with E-state index in [1.807, 2.05) is 20.0 Å². The van der Waals surface area contributed by atoms with Crippen LogP contribution in [-0.4, -0.2) is 36.0 Å². The molecule has 1 fully saturated rings. The van der Waals surface area contributed by atoms with E-state index in [1.165, 1.54) is 17.5 Å². The Balaban J connectivity index is 2.21. The van der Waals surface area contributed by atoms with E-state index in [-0.39, 0.29) is 11.6 Å². The number of hydrogen-bond acceptors (Lipinski definition) is 4. The minimum Gasteiger partial charge on any atom is -0.369 e. The summed E-state index contributed by atoms with van der Waals surface area (Å²) in [5.74, 6) is 0.637. The van der Waals surface area contributed by atoms with Crippen molar-refractivity contribution in [1.29, 1.82) is 0 Å². The molecule has 1 aromatic heterocycles. The number of nitrogens with zero attached hydrogens (tertiary/aromatic N) is 3. The van der Waals surface area contributed by atoms with Crippen LogP contribution in [0.4, 0.5) is 5.69 Å². The molecule has 6 heteroatoms. The highest BCUT2D eigenvalue weighted by atomic mass is 79.9. The Bertz CT molecular complexity index is 523. The van der Waals surface area contributed by atoms with Crippen LogP contribution < -0.4 is 15.8 Å². The summed E-state index contributed by atoms with van der Waals surface area (Å²) in [5, 5.41) is 7.76. The second kappa shape index (κ2) is 7.40. The highest BCUT2D eigenvalue weighted by molar-refractivity contribution is 9.10. The molecule has 0 aliphatic carbocycles. The Kier molecular flexibility index (Phi) is 5.81. The van der Waals surface area contributed by atoms with Gasteiger partial charge in [-0.05, 0) is 68.6 Å². The first-order chi connectivity index (χ1) is 10.0. The van der Waals surface area contributed by atoms with Gasteiger partial charge >= 0.3 is 0 Å². The third kappa shape index (κ3) is 3.86. The number of aromatic nitrogens is 2. The van der Waals surface area contributed by atoms with Gasteiger partial charge in [-0.2, -0.15) is 5.10 Å². The fourth-order valence-corrected chi connectivity index (χ4v) is 3.35. The molecule has 118 valence electrons. The summed E-state index contributed by atoms with van der Waals surface area (Å²) in [5.41, 5.74) is 0.854. The highest BCUT2D eigenvalue weighted by Crippen LogP contribution is 2.24. The molecule has 0 saturated carbocycles. The molecule has 1 atom stereocenters. The van der Waals surface area contributed by atoms with Crippen molar-refractivity contribution in [2.75, 3.05) is 31.1 Å². The van der Waals surface area contributed by atoms with E-state index in [0.717, 1.165) is 31.9 Å². The Hall–Kier alpha value is -0.880. The predicted molar refractivity (Wildman–Crippen MR) is 90.1 cm³/mol. The maximum atomic E-state index is 12.4. The first-order valence-corrected chi connectivity index (χ1v) is 8.56. The normalized spacial score (nSPS) is 19.0. The molecular weight excluding hydrogens is 332 g/mol. The Morgan fingerprint density at radius 3 is 2.90 bits per heavy atom. The molecule has 5 nitrogen and oxygen atoms in total. The van der Waals surface area contributed by atoms with E-state index in [9.17, 15) is 4.79 Å². The molecule has 21 heavy (non-hydrogen) atoms. The number of piperidine rings is 1. The summed E-state index contributed by atoms with van der Waals surface area (Å²) in [4.78, 5) is 14.6. The molecule has 2 rings (SSSR count). The third-order valence-corrected chi connectivity index (χ3v) is 4.76. The van der Waals surface area contributed by atoms with E-state index < -0.39 is 0 Å². The Morgan fingerprint density at radius 1 is 1.57 bits per heavy atom. The van der Waals surface area contributed by atoms with Gasteiger partial charge in [-0.15, -0.1) is 0 Å². The van der Waals surface area contributed by atoms with Gasteiger partial charge in [-0.25, -0.2) is 4.68 Å². The Labute approximate surface area is 134 Å². The van der Waals surface area contributed by atoms with Crippen molar-refractivity contribution in [3.05, 3.63) is 21.0 Å². The molecule has 1 aliphatic rings. The van der Waals surface area contributed by atoms with E-state index >= 15 is 0 Å². The lowest BCUT2D eigenvalue weighted by molar-refractivity contribution is 0.377. The lowest BCUT2D eigenvalue weighted by Crippen LogP contribution is -2.39. The molecule has 0 aromatic carbocycles. The number of anilines is 1. The fourth-order valence-electron chi connectivity index (χ4n) is 2.81. The van der Waals surface area contributed by atoms with Crippen molar-refractivity contribution in [3.63, 3.8) is 0 Å². The van der Waals surface area contributed by atoms with Gasteiger partial charge in [0.05, 0.1) is 17.9 Å². The smallest absolute Gasteiger partial charge is 0.283 e. The van der Waals surface area contributed by atoms with Gasteiger partial charge < -0.3 is 10.2 Å². The summed E-state index contributed by atoms with van der Waals surface area (Å²) in [6, 6.07) is 0.0699. The van der Waals surface area contributed by atoms with Gasteiger partial charge in [0.15, 0.2) is 0 Å². The van der Waals surface area contributed by atoms with Crippen molar-refractivity contribution in [3.8, 4) is 0 Å². The van der Waals surface area contributed by atoms with Crippen molar-refractivity contribution < 1.29 is 0 Å². The zero-order valence-corrected chi connectivity index (χ0v) is 14.7. The van der Waals surface area contributed by atoms with Crippen LogP contribution in [0.2, 0.25) is 0 Å². The van der Waals surface area contributed by atoms with Gasteiger partial charge in [0, 0.05) is 13.1 Å². The van der Waals surface area contributed by atoms with Crippen molar-refractivity contribution in [1.82, 2.24) is 15.1 Å². The van der Waals surface area contributed by atoms with Crippen LogP contribution in [0.15, 0.2) is 15.5 Å². The molecule has 0 amide bonds. The highest BCUT2D eigenvalue weighted by Gasteiger charge is 2.20. The van der Waals surface area contributed by atoms with E-state index in [0.29, 0.717) is 10.4 Å². The standard InChI is InChI=1S/C15H25BrN4O/c1-4-19(10-12-6-5-7-17-8-12)13-9-18-20(11(2)3)15(21)14(13)16/h9,11-12,17H,4-8,10H2,1-3H3. The van der Waals surface area contributed by atoms with Crippen molar-refractivity contribution in [2.45, 2.75) is 39.7 Å². The number of nitrogens with one attached hydrogen (secondary N) is 1. The minimum absolute atomic E-state index is 0.0530. The lowest BCUT2D eigenvalue weighted by atomic mass is 9.99. The lowest BCUT2D eigenvalue weighted by Gasteiger charge is -2.31. The largest absolute Gasteiger partial charge is 0.369 e. The average molecular weight is 357 g/mol. The van der Waals surface area contributed by atoms with Crippen LogP contribution in [0.5, 0.6) is 0 Å². The molecule has 1 N–H and O–H groups in total. The zero-order chi connectivity index (χ0) is 15.4. The molecular formula is C15H25BrN4O. The number of halogens is 1. The summed E-state index contributed by atoms with van der Waals surface area (Å²) >= 11 is 3.47. The first kappa shape index (κ1) is 16.5. The summed E-state index contributed by atoms with van der Waals surface area (Å²) < 4.78 is 2.14. The van der Waals surface area contributed by atoms with Crippen LogP contribution >= 0.6 is 15.9 Å². The minimum atomic E-state index is -0.0530. The van der Waals surface area contributed by atoms with Gasteiger partial charge in [0.1, 0.15) is 4.47 Å². The Morgan fingerprint density at radius 2 is 2.33 bits per heavy atom. The van der Waals surface area contributed by atoms with Crippen LogP contribution in [-0.2, 0) is 0 Å². The monoisotopic (exact) mass is 356 g/mol. The maximum absolute atomic E-state index is 12.4. The molecule has 1 saturated heterocycles. The van der Waals surface area contributed by atoms with E-state index in [4.69, 9.17) is 0 Å². The SMILES string of the molecule is CCN(CC1CCCNC1)c1cnn(C(C)C)c(=O)c1Br. The van der Waals surface area contributed by atoms with Gasteiger partial charge in [0.25, 0.3) is 5.56 Å². The second-order valence-corrected chi connectivity index (χ2v) is 6.73. The molecule has 0 bridgehead atoms. The second-order valence-electron chi connectivity index (χ2n) is 5.94. The van der Waals surface area contributed by atoms with Crippen LogP contribution in [0.3, 0.4) is 0 Å². The summed E-state index contributed by atoms with van der Waals surface area (Å²) in [6.07, 6.45) is 4.29. The summed E-state index contributed by atoms with van der Waals surface area (Å²) in [7, 11) is 0. The zero-order valence-electron chi connectivity index (χ0n) is 13.1. The van der Waals surface area contributed by atoms with Gasteiger partial charge in [0.2, 0.25) is 0 Å².